The van der Waals surface area contributed by atoms with Gasteiger partial charge in [-0.05, 0) is 47.4 Å². The summed E-state index contributed by atoms with van der Waals surface area (Å²) in [4.78, 5) is 17.0. The lowest BCUT2D eigenvalue weighted by Gasteiger charge is -2.12. The lowest BCUT2D eigenvalue weighted by molar-refractivity contribution is 0.528. The molecule has 1 atom stereocenters. The Morgan fingerprint density at radius 3 is 2.69 bits per heavy atom. The second kappa shape index (κ2) is 6.41. The second-order valence-corrected chi connectivity index (χ2v) is 7.16. The average Bonchev–Trinajstić information content (AvgIpc) is 2.96. The lowest BCUT2D eigenvalue weighted by Crippen LogP contribution is -2.23. The number of aromatic nitrogens is 4. The van der Waals surface area contributed by atoms with E-state index < -0.39 is 0 Å². The fourth-order valence-electron chi connectivity index (χ4n) is 3.28. The van der Waals surface area contributed by atoms with E-state index in [0.29, 0.717) is 18.1 Å². The molecule has 132 valence electrons. The van der Waals surface area contributed by atoms with E-state index >= 15 is 0 Å². The van der Waals surface area contributed by atoms with E-state index in [4.69, 9.17) is 0 Å². The number of benzene rings is 1. The molecule has 3 heterocycles. The maximum atomic E-state index is 12.6. The van der Waals surface area contributed by atoms with Crippen LogP contribution < -0.4 is 5.69 Å². The maximum absolute atomic E-state index is 12.6. The first-order chi connectivity index (χ1) is 12.5. The van der Waals surface area contributed by atoms with Crippen molar-refractivity contribution in [2.75, 3.05) is 0 Å². The summed E-state index contributed by atoms with van der Waals surface area (Å²) in [6.07, 6.45) is 3.62. The lowest BCUT2D eigenvalue weighted by atomic mass is 9.99. The van der Waals surface area contributed by atoms with Crippen molar-refractivity contribution < 1.29 is 0 Å². The van der Waals surface area contributed by atoms with Gasteiger partial charge in [0.15, 0.2) is 5.65 Å². The van der Waals surface area contributed by atoms with Crippen molar-refractivity contribution in [1.29, 1.82) is 0 Å². The second-order valence-electron chi connectivity index (χ2n) is 7.16. The Balaban J connectivity index is 1.67. The van der Waals surface area contributed by atoms with Gasteiger partial charge in [-0.25, -0.2) is 9.48 Å². The van der Waals surface area contributed by atoms with Crippen molar-refractivity contribution in [2.24, 2.45) is 0 Å². The SMILES string of the molecule is CC(C)c1ccn2c(=O)n(CC(C)c3ccc4ncccc4c3)nc2c1. The van der Waals surface area contributed by atoms with E-state index in [-0.39, 0.29) is 11.6 Å². The van der Waals surface area contributed by atoms with Gasteiger partial charge in [0.2, 0.25) is 0 Å². The molecule has 4 aromatic rings. The third-order valence-corrected chi connectivity index (χ3v) is 4.92. The summed E-state index contributed by atoms with van der Waals surface area (Å²) < 4.78 is 3.18. The molecule has 1 unspecified atom stereocenters. The first-order valence-electron chi connectivity index (χ1n) is 8.97. The molecular formula is C21H22N4O. The van der Waals surface area contributed by atoms with Crippen LogP contribution in [0.25, 0.3) is 16.6 Å². The molecule has 0 bridgehead atoms. The summed E-state index contributed by atoms with van der Waals surface area (Å²) >= 11 is 0. The molecule has 0 aliphatic heterocycles. The van der Waals surface area contributed by atoms with E-state index in [1.54, 1.807) is 15.3 Å². The predicted octanol–water partition coefficient (Wildman–Crippen LogP) is 3.97. The molecule has 0 aliphatic rings. The molecule has 4 rings (SSSR count). The fourth-order valence-corrected chi connectivity index (χ4v) is 3.28. The smallest absolute Gasteiger partial charge is 0.256 e. The number of nitrogens with zero attached hydrogens (tertiary/aromatic N) is 4. The van der Waals surface area contributed by atoms with Gasteiger partial charge in [-0.15, -0.1) is 5.10 Å². The van der Waals surface area contributed by atoms with Crippen molar-refractivity contribution in [2.45, 2.75) is 39.2 Å². The van der Waals surface area contributed by atoms with E-state index in [9.17, 15) is 4.79 Å². The van der Waals surface area contributed by atoms with Gasteiger partial charge in [0.05, 0.1) is 12.1 Å². The molecule has 0 aliphatic carbocycles. The number of fused-ring (bicyclic) bond motifs is 2. The molecule has 0 N–H and O–H groups in total. The Labute approximate surface area is 151 Å². The molecule has 0 saturated heterocycles. The predicted molar refractivity (Wildman–Crippen MR) is 104 cm³/mol. The van der Waals surface area contributed by atoms with Crippen LogP contribution in [0.4, 0.5) is 0 Å². The fraction of sp³-hybridized carbons (Fsp3) is 0.286. The van der Waals surface area contributed by atoms with Crippen LogP contribution in [0.3, 0.4) is 0 Å². The number of hydrogen-bond acceptors (Lipinski definition) is 3. The molecule has 3 aromatic heterocycles. The monoisotopic (exact) mass is 346 g/mol. The van der Waals surface area contributed by atoms with Crippen LogP contribution in [0.5, 0.6) is 0 Å². The van der Waals surface area contributed by atoms with Crippen LogP contribution in [-0.2, 0) is 6.54 Å². The van der Waals surface area contributed by atoms with Gasteiger partial charge in [0.25, 0.3) is 0 Å². The Morgan fingerprint density at radius 1 is 1.04 bits per heavy atom. The van der Waals surface area contributed by atoms with Gasteiger partial charge in [0.1, 0.15) is 0 Å². The highest BCUT2D eigenvalue weighted by Gasteiger charge is 2.13. The minimum atomic E-state index is -0.0930. The standard InChI is InChI=1S/C21H22N4O/c1-14(2)16-8-10-24-20(12-16)23-25(21(24)26)13-15(3)17-6-7-19-18(11-17)5-4-9-22-19/h4-12,14-15H,13H2,1-3H3. The summed E-state index contributed by atoms with van der Waals surface area (Å²) in [5, 5.41) is 5.65. The van der Waals surface area contributed by atoms with Gasteiger partial charge >= 0.3 is 5.69 Å². The molecule has 5 nitrogen and oxygen atoms in total. The number of hydrogen-bond donors (Lipinski definition) is 0. The Bertz CT molecular complexity index is 1140. The number of pyridine rings is 2. The summed E-state index contributed by atoms with van der Waals surface area (Å²) in [6.45, 7) is 6.94. The zero-order chi connectivity index (χ0) is 18.3. The van der Waals surface area contributed by atoms with Gasteiger partial charge < -0.3 is 0 Å². The van der Waals surface area contributed by atoms with Crippen molar-refractivity contribution in [3.63, 3.8) is 0 Å². The summed E-state index contributed by atoms with van der Waals surface area (Å²) in [6, 6.07) is 14.2. The minimum Gasteiger partial charge on any atom is -0.256 e. The highest BCUT2D eigenvalue weighted by molar-refractivity contribution is 5.79. The van der Waals surface area contributed by atoms with E-state index in [1.165, 1.54) is 11.1 Å². The Morgan fingerprint density at radius 2 is 1.88 bits per heavy atom. The van der Waals surface area contributed by atoms with Crippen LogP contribution in [0.1, 0.15) is 43.7 Å². The molecule has 0 fully saturated rings. The van der Waals surface area contributed by atoms with Gasteiger partial charge in [-0.3, -0.25) is 9.38 Å². The third-order valence-electron chi connectivity index (χ3n) is 4.92. The Kier molecular flexibility index (Phi) is 4.07. The number of rotatable bonds is 4. The van der Waals surface area contributed by atoms with Gasteiger partial charge in [0, 0.05) is 23.7 Å². The minimum absolute atomic E-state index is 0.0930. The molecule has 0 spiro atoms. The zero-order valence-electron chi connectivity index (χ0n) is 15.3. The maximum Gasteiger partial charge on any atom is 0.350 e. The van der Waals surface area contributed by atoms with Crippen LogP contribution in [0, 0.1) is 0 Å². The van der Waals surface area contributed by atoms with Crippen LogP contribution in [-0.4, -0.2) is 19.2 Å². The van der Waals surface area contributed by atoms with Crippen LogP contribution >= 0.6 is 0 Å². The molecule has 1 aromatic carbocycles. The van der Waals surface area contributed by atoms with Crippen molar-refractivity contribution >= 4 is 16.6 Å². The Hall–Kier alpha value is -2.95. The molecule has 0 radical (unpaired) electrons. The third kappa shape index (κ3) is 2.90. The van der Waals surface area contributed by atoms with Gasteiger partial charge in [-0.1, -0.05) is 32.9 Å². The van der Waals surface area contributed by atoms with Crippen molar-refractivity contribution in [3.8, 4) is 0 Å². The van der Waals surface area contributed by atoms with Crippen LogP contribution in [0.15, 0.2) is 59.7 Å². The largest absolute Gasteiger partial charge is 0.350 e. The van der Waals surface area contributed by atoms with Gasteiger partial charge in [-0.2, -0.15) is 0 Å². The first kappa shape index (κ1) is 16.5. The summed E-state index contributed by atoms with van der Waals surface area (Å²) in [7, 11) is 0. The molecular weight excluding hydrogens is 324 g/mol. The zero-order valence-corrected chi connectivity index (χ0v) is 15.3. The normalized spacial score (nSPS) is 12.9. The molecule has 0 amide bonds. The van der Waals surface area contributed by atoms with E-state index in [1.807, 2.05) is 30.5 Å². The summed E-state index contributed by atoms with van der Waals surface area (Å²) in [5.41, 5.74) is 3.96. The van der Waals surface area contributed by atoms with E-state index in [2.05, 4.69) is 49.1 Å². The highest BCUT2D eigenvalue weighted by Crippen LogP contribution is 2.21. The summed E-state index contributed by atoms with van der Waals surface area (Å²) in [5.74, 6) is 0.581. The molecule has 5 heteroatoms. The highest BCUT2D eigenvalue weighted by atomic mass is 16.2. The van der Waals surface area contributed by atoms with Crippen LogP contribution in [0.2, 0.25) is 0 Å². The first-order valence-corrected chi connectivity index (χ1v) is 8.97. The molecule has 26 heavy (non-hydrogen) atoms. The van der Waals surface area contributed by atoms with E-state index in [0.717, 1.165) is 10.9 Å². The molecule has 0 saturated carbocycles. The van der Waals surface area contributed by atoms with Crippen molar-refractivity contribution in [3.05, 3.63) is 76.5 Å². The topological polar surface area (TPSA) is 52.2 Å². The quantitative estimate of drug-likeness (QED) is 0.562. The average molecular weight is 346 g/mol. The van der Waals surface area contributed by atoms with Crippen molar-refractivity contribution in [1.82, 2.24) is 19.2 Å².